The summed E-state index contributed by atoms with van der Waals surface area (Å²) in [4.78, 5) is 4.37. The van der Waals surface area contributed by atoms with Crippen molar-refractivity contribution in [2.45, 2.75) is 24.8 Å². The first-order valence-corrected chi connectivity index (χ1v) is 7.98. The van der Waals surface area contributed by atoms with Crippen LogP contribution in [0.4, 0.5) is 0 Å². The van der Waals surface area contributed by atoms with Crippen LogP contribution in [0.25, 0.3) is 0 Å². The summed E-state index contributed by atoms with van der Waals surface area (Å²) in [5.41, 5.74) is 0.871. The molecule has 0 fully saturated rings. The van der Waals surface area contributed by atoms with Crippen LogP contribution in [0.1, 0.15) is 23.7 Å². The number of hydrogen-bond acceptors (Lipinski definition) is 5. The predicted octanol–water partition coefficient (Wildman–Crippen LogP) is 2.20. The molecule has 0 spiro atoms. The molecular formula is C12H14N2O3S2. The Morgan fingerprint density at radius 3 is 2.47 bits per heavy atom. The molecule has 0 aliphatic heterocycles. The number of aromatic hydroxyl groups is 1. The Hall–Kier alpha value is -1.44. The van der Waals surface area contributed by atoms with Crippen LogP contribution in [-0.2, 0) is 10.0 Å². The van der Waals surface area contributed by atoms with Crippen LogP contribution in [0.2, 0.25) is 0 Å². The number of sulfonamides is 1. The molecule has 0 saturated heterocycles. The standard InChI is InChI=1S/C12H14N2O3S2/c1-8-7-18-12(13-8)9(2)14-19(16,17)11-5-3-10(15)4-6-11/h3-7,9,14-15H,1-2H3. The van der Waals surface area contributed by atoms with Gasteiger partial charge in [0.25, 0.3) is 0 Å². The lowest BCUT2D eigenvalue weighted by Crippen LogP contribution is -2.26. The van der Waals surface area contributed by atoms with E-state index in [1.807, 2.05) is 12.3 Å². The van der Waals surface area contributed by atoms with Gasteiger partial charge < -0.3 is 5.11 Å². The van der Waals surface area contributed by atoms with Crippen LogP contribution in [0, 0.1) is 6.92 Å². The number of nitrogens with zero attached hydrogens (tertiary/aromatic N) is 1. The molecule has 5 nitrogen and oxygen atoms in total. The molecule has 0 aliphatic carbocycles. The zero-order valence-electron chi connectivity index (χ0n) is 10.5. The Morgan fingerprint density at radius 1 is 1.32 bits per heavy atom. The summed E-state index contributed by atoms with van der Waals surface area (Å²) in [5, 5.41) is 11.8. The third kappa shape index (κ3) is 3.31. The second-order valence-electron chi connectivity index (χ2n) is 4.16. The van der Waals surface area contributed by atoms with Gasteiger partial charge in [0.05, 0.1) is 10.9 Å². The first kappa shape index (κ1) is 14.0. The van der Waals surface area contributed by atoms with Gasteiger partial charge in [0.1, 0.15) is 10.8 Å². The maximum Gasteiger partial charge on any atom is 0.241 e. The lowest BCUT2D eigenvalue weighted by atomic mass is 10.3. The molecular weight excluding hydrogens is 284 g/mol. The van der Waals surface area contributed by atoms with Crippen molar-refractivity contribution in [3.8, 4) is 5.75 Å². The number of phenols is 1. The summed E-state index contributed by atoms with van der Waals surface area (Å²) >= 11 is 1.42. The Labute approximate surface area is 116 Å². The number of hydrogen-bond donors (Lipinski definition) is 2. The topological polar surface area (TPSA) is 79.3 Å². The van der Waals surface area contributed by atoms with E-state index in [4.69, 9.17) is 5.11 Å². The van der Waals surface area contributed by atoms with Crippen molar-refractivity contribution < 1.29 is 13.5 Å². The van der Waals surface area contributed by atoms with Gasteiger partial charge in [-0.1, -0.05) is 0 Å². The van der Waals surface area contributed by atoms with Crippen LogP contribution in [-0.4, -0.2) is 18.5 Å². The highest BCUT2D eigenvalue weighted by Gasteiger charge is 2.19. The van der Waals surface area contributed by atoms with Gasteiger partial charge in [-0.15, -0.1) is 11.3 Å². The molecule has 1 heterocycles. The first-order chi connectivity index (χ1) is 8.88. The Balaban J connectivity index is 2.19. The van der Waals surface area contributed by atoms with Crippen molar-refractivity contribution >= 4 is 21.4 Å². The maximum atomic E-state index is 12.1. The fourth-order valence-corrected chi connectivity index (χ4v) is 3.63. The summed E-state index contributed by atoms with van der Waals surface area (Å²) in [7, 11) is -3.61. The van der Waals surface area contributed by atoms with Crippen molar-refractivity contribution in [3.63, 3.8) is 0 Å². The summed E-state index contributed by atoms with van der Waals surface area (Å²) < 4.78 is 26.8. The first-order valence-electron chi connectivity index (χ1n) is 5.62. The molecule has 0 radical (unpaired) electrons. The molecule has 0 aliphatic rings. The van der Waals surface area contributed by atoms with E-state index in [2.05, 4.69) is 9.71 Å². The molecule has 0 bridgehead atoms. The Bertz CT molecular complexity index is 663. The molecule has 102 valence electrons. The monoisotopic (exact) mass is 298 g/mol. The van der Waals surface area contributed by atoms with Crippen molar-refractivity contribution in [3.05, 3.63) is 40.3 Å². The van der Waals surface area contributed by atoms with E-state index in [1.165, 1.54) is 35.6 Å². The quantitative estimate of drug-likeness (QED) is 0.907. The SMILES string of the molecule is Cc1csc(C(C)NS(=O)(=O)c2ccc(O)cc2)n1. The molecule has 0 amide bonds. The largest absolute Gasteiger partial charge is 0.508 e. The zero-order chi connectivity index (χ0) is 14.0. The van der Waals surface area contributed by atoms with E-state index >= 15 is 0 Å². The molecule has 1 aromatic carbocycles. The number of phenolic OH excluding ortho intramolecular Hbond substituents is 1. The van der Waals surface area contributed by atoms with E-state index in [0.29, 0.717) is 0 Å². The summed E-state index contributed by atoms with van der Waals surface area (Å²) in [5.74, 6) is 0.0301. The summed E-state index contributed by atoms with van der Waals surface area (Å²) in [6.45, 7) is 3.61. The highest BCUT2D eigenvalue weighted by Crippen LogP contribution is 2.21. The van der Waals surface area contributed by atoms with Gasteiger partial charge in [0.15, 0.2) is 0 Å². The summed E-state index contributed by atoms with van der Waals surface area (Å²) in [6.07, 6.45) is 0. The molecule has 1 atom stereocenters. The van der Waals surface area contributed by atoms with Crippen molar-refractivity contribution in [2.24, 2.45) is 0 Å². The maximum absolute atomic E-state index is 12.1. The number of aromatic nitrogens is 1. The van der Waals surface area contributed by atoms with Gasteiger partial charge in [0, 0.05) is 11.1 Å². The van der Waals surface area contributed by atoms with E-state index in [-0.39, 0.29) is 10.6 Å². The highest BCUT2D eigenvalue weighted by atomic mass is 32.2. The third-order valence-corrected chi connectivity index (χ3v) is 5.19. The highest BCUT2D eigenvalue weighted by molar-refractivity contribution is 7.89. The molecule has 7 heteroatoms. The predicted molar refractivity (Wildman–Crippen MR) is 73.7 cm³/mol. The molecule has 1 aromatic heterocycles. The van der Waals surface area contributed by atoms with Crippen LogP contribution in [0.5, 0.6) is 5.75 Å². The fourth-order valence-electron chi connectivity index (χ4n) is 1.55. The van der Waals surface area contributed by atoms with E-state index < -0.39 is 16.1 Å². The van der Waals surface area contributed by atoms with Crippen molar-refractivity contribution in [1.82, 2.24) is 9.71 Å². The normalized spacial score (nSPS) is 13.4. The minimum Gasteiger partial charge on any atom is -0.508 e. The van der Waals surface area contributed by atoms with Crippen LogP contribution in [0.15, 0.2) is 34.5 Å². The van der Waals surface area contributed by atoms with E-state index in [0.717, 1.165) is 10.7 Å². The average molecular weight is 298 g/mol. The lowest BCUT2D eigenvalue weighted by molar-refractivity contribution is 0.474. The molecule has 2 rings (SSSR count). The number of benzene rings is 1. The van der Waals surface area contributed by atoms with Gasteiger partial charge in [-0.2, -0.15) is 0 Å². The third-order valence-electron chi connectivity index (χ3n) is 2.49. The molecule has 0 saturated carbocycles. The van der Waals surface area contributed by atoms with Gasteiger partial charge in [-0.05, 0) is 38.1 Å². The number of nitrogens with one attached hydrogen (secondary N) is 1. The van der Waals surface area contributed by atoms with E-state index in [9.17, 15) is 8.42 Å². The summed E-state index contributed by atoms with van der Waals surface area (Å²) in [6, 6.07) is 5.01. The van der Waals surface area contributed by atoms with E-state index in [1.54, 1.807) is 6.92 Å². The van der Waals surface area contributed by atoms with Crippen molar-refractivity contribution in [1.29, 1.82) is 0 Å². The zero-order valence-corrected chi connectivity index (χ0v) is 12.1. The van der Waals surface area contributed by atoms with Crippen LogP contribution in [0.3, 0.4) is 0 Å². The Kier molecular flexibility index (Phi) is 3.88. The number of rotatable bonds is 4. The number of aryl methyl sites for hydroxylation is 1. The van der Waals surface area contributed by atoms with Gasteiger partial charge in [-0.25, -0.2) is 18.1 Å². The second-order valence-corrected chi connectivity index (χ2v) is 6.77. The van der Waals surface area contributed by atoms with Crippen LogP contribution >= 0.6 is 11.3 Å². The average Bonchev–Trinajstić information content (AvgIpc) is 2.76. The minimum absolute atomic E-state index is 0.0301. The fraction of sp³-hybridized carbons (Fsp3) is 0.250. The Morgan fingerprint density at radius 2 is 1.95 bits per heavy atom. The second kappa shape index (κ2) is 5.28. The smallest absolute Gasteiger partial charge is 0.241 e. The number of thiazole rings is 1. The van der Waals surface area contributed by atoms with Gasteiger partial charge in [-0.3, -0.25) is 0 Å². The van der Waals surface area contributed by atoms with Gasteiger partial charge >= 0.3 is 0 Å². The minimum atomic E-state index is -3.61. The van der Waals surface area contributed by atoms with Gasteiger partial charge in [0.2, 0.25) is 10.0 Å². The molecule has 1 unspecified atom stereocenters. The van der Waals surface area contributed by atoms with Crippen LogP contribution < -0.4 is 4.72 Å². The molecule has 2 aromatic rings. The molecule has 19 heavy (non-hydrogen) atoms. The van der Waals surface area contributed by atoms with Crippen molar-refractivity contribution in [2.75, 3.05) is 0 Å². The molecule has 2 N–H and O–H groups in total. The lowest BCUT2D eigenvalue weighted by Gasteiger charge is -2.11.